The molecule has 0 aliphatic heterocycles. The van der Waals surface area contributed by atoms with Crippen LogP contribution in [0.5, 0.6) is 0 Å². The third kappa shape index (κ3) is 6.14. The van der Waals surface area contributed by atoms with Gasteiger partial charge in [0.25, 0.3) is 0 Å². The van der Waals surface area contributed by atoms with Crippen molar-refractivity contribution < 1.29 is 18.0 Å². The van der Waals surface area contributed by atoms with E-state index in [-0.39, 0.29) is 21.1 Å². The van der Waals surface area contributed by atoms with E-state index in [1.165, 1.54) is 6.08 Å². The summed E-state index contributed by atoms with van der Waals surface area (Å²) in [6.07, 6.45) is -4.43. The molecule has 0 heterocycles. The SMILES string of the molecule is CC1(C)C(C=C(Cl)Cl)C1C(=O)NC(Nc1cc(C(F)(F)F)ccc1Cl)C(Cl)(Cl)Cl. The summed E-state index contributed by atoms with van der Waals surface area (Å²) in [5.41, 5.74) is -1.57. The number of benzene rings is 1. The molecule has 0 aromatic heterocycles. The zero-order chi connectivity index (χ0) is 22.4. The lowest BCUT2D eigenvalue weighted by molar-refractivity contribution is -0.137. The van der Waals surface area contributed by atoms with Gasteiger partial charge in [0, 0.05) is 0 Å². The molecule has 12 heteroatoms. The Kier molecular flexibility index (Phi) is 7.52. The Hall–Kier alpha value is -0.240. The van der Waals surface area contributed by atoms with Crippen LogP contribution < -0.4 is 10.6 Å². The van der Waals surface area contributed by atoms with Gasteiger partial charge in [0.2, 0.25) is 9.70 Å². The minimum Gasteiger partial charge on any atom is -0.361 e. The number of allylic oxidation sites excluding steroid dienone is 1. The van der Waals surface area contributed by atoms with Crippen LogP contribution in [0.1, 0.15) is 19.4 Å². The monoisotopic (exact) mass is 530 g/mol. The second kappa shape index (κ2) is 8.71. The number of alkyl halides is 6. The van der Waals surface area contributed by atoms with E-state index < -0.39 is 38.9 Å². The Morgan fingerprint density at radius 3 is 2.28 bits per heavy atom. The van der Waals surface area contributed by atoms with Crippen LogP contribution in [0.15, 0.2) is 28.8 Å². The highest BCUT2D eigenvalue weighted by Gasteiger charge is 2.61. The number of rotatable bonds is 5. The van der Waals surface area contributed by atoms with E-state index in [2.05, 4.69) is 10.6 Å². The number of carbonyl (C=O) groups excluding carboxylic acids is 1. The van der Waals surface area contributed by atoms with Crippen molar-refractivity contribution in [3.8, 4) is 0 Å². The summed E-state index contributed by atoms with van der Waals surface area (Å²) in [6, 6.07) is 2.63. The zero-order valence-electron chi connectivity index (χ0n) is 14.9. The van der Waals surface area contributed by atoms with E-state index in [0.717, 1.165) is 18.2 Å². The first-order chi connectivity index (χ1) is 13.0. The maximum absolute atomic E-state index is 13.0. The molecule has 3 atom stereocenters. The second-order valence-corrected chi connectivity index (χ2v) is 10.9. The molecule has 1 fully saturated rings. The number of halogens is 9. The summed E-state index contributed by atoms with van der Waals surface area (Å²) >= 11 is 35.1. The van der Waals surface area contributed by atoms with Crippen LogP contribution in [0.3, 0.4) is 0 Å². The van der Waals surface area contributed by atoms with Crippen molar-refractivity contribution in [2.24, 2.45) is 17.3 Å². The number of anilines is 1. The molecule has 162 valence electrons. The minimum absolute atomic E-state index is 0.0187. The Morgan fingerprint density at radius 2 is 1.79 bits per heavy atom. The fraction of sp³-hybridized carbons (Fsp3) is 0.471. The molecule has 1 saturated carbocycles. The highest BCUT2D eigenvalue weighted by Crippen LogP contribution is 2.59. The van der Waals surface area contributed by atoms with E-state index in [9.17, 15) is 18.0 Å². The van der Waals surface area contributed by atoms with Gasteiger partial charge in [0.1, 0.15) is 10.7 Å². The molecule has 0 spiro atoms. The van der Waals surface area contributed by atoms with Crippen molar-refractivity contribution in [3.05, 3.63) is 39.4 Å². The van der Waals surface area contributed by atoms with Crippen LogP contribution in [0.4, 0.5) is 18.9 Å². The zero-order valence-corrected chi connectivity index (χ0v) is 19.4. The average Bonchev–Trinajstić information content (AvgIpc) is 3.06. The van der Waals surface area contributed by atoms with Crippen LogP contribution in [0.25, 0.3) is 0 Å². The number of carbonyl (C=O) groups is 1. The highest BCUT2D eigenvalue weighted by molar-refractivity contribution is 6.68. The molecular weight excluding hydrogens is 518 g/mol. The van der Waals surface area contributed by atoms with E-state index in [0.29, 0.717) is 0 Å². The highest BCUT2D eigenvalue weighted by atomic mass is 35.6. The molecule has 3 nitrogen and oxygen atoms in total. The normalized spacial score (nSPS) is 21.9. The van der Waals surface area contributed by atoms with Gasteiger partial charge in [-0.2, -0.15) is 13.2 Å². The molecule has 0 bridgehead atoms. The Morgan fingerprint density at radius 1 is 1.21 bits per heavy atom. The van der Waals surface area contributed by atoms with Gasteiger partial charge in [-0.25, -0.2) is 0 Å². The average molecular weight is 533 g/mol. The van der Waals surface area contributed by atoms with Gasteiger partial charge in [-0.1, -0.05) is 83.5 Å². The van der Waals surface area contributed by atoms with Gasteiger partial charge < -0.3 is 10.6 Å². The molecule has 1 aromatic rings. The third-order valence-electron chi connectivity index (χ3n) is 4.71. The van der Waals surface area contributed by atoms with Crippen LogP contribution >= 0.6 is 69.6 Å². The molecule has 29 heavy (non-hydrogen) atoms. The smallest absolute Gasteiger partial charge is 0.361 e. The molecule has 2 N–H and O–H groups in total. The largest absolute Gasteiger partial charge is 0.416 e. The number of hydrogen-bond donors (Lipinski definition) is 2. The summed E-state index contributed by atoms with van der Waals surface area (Å²) in [5, 5.41) is 5.03. The van der Waals surface area contributed by atoms with Crippen molar-refractivity contribution in [1.29, 1.82) is 0 Å². The number of amides is 1. The maximum Gasteiger partial charge on any atom is 0.416 e. The van der Waals surface area contributed by atoms with Crippen molar-refractivity contribution in [1.82, 2.24) is 5.32 Å². The van der Waals surface area contributed by atoms with Crippen molar-refractivity contribution in [3.63, 3.8) is 0 Å². The molecule has 1 amide bonds. The predicted octanol–water partition coefficient (Wildman–Crippen LogP) is 7.17. The Labute approximate surface area is 195 Å². The van der Waals surface area contributed by atoms with Gasteiger partial charge in [-0.15, -0.1) is 0 Å². The summed E-state index contributed by atoms with van der Waals surface area (Å²) in [4.78, 5) is 12.7. The molecule has 0 radical (unpaired) electrons. The lowest BCUT2D eigenvalue weighted by atomic mass is 10.1. The molecule has 2 rings (SSSR count). The lowest BCUT2D eigenvalue weighted by Gasteiger charge is -2.28. The third-order valence-corrected chi connectivity index (χ3v) is 5.94. The minimum atomic E-state index is -4.60. The summed E-state index contributed by atoms with van der Waals surface area (Å²) < 4.78 is 36.9. The maximum atomic E-state index is 13.0. The molecule has 1 aromatic carbocycles. The molecule has 0 saturated heterocycles. The first-order valence-corrected chi connectivity index (χ1v) is 10.3. The quantitative estimate of drug-likeness (QED) is 0.312. The summed E-state index contributed by atoms with van der Waals surface area (Å²) in [7, 11) is 0. The lowest BCUT2D eigenvalue weighted by Crippen LogP contribution is -2.50. The fourth-order valence-corrected chi connectivity index (χ4v) is 3.80. The van der Waals surface area contributed by atoms with Gasteiger partial charge in [0.05, 0.1) is 22.2 Å². The predicted molar refractivity (Wildman–Crippen MR) is 113 cm³/mol. The van der Waals surface area contributed by atoms with E-state index in [1.807, 2.05) is 13.8 Å². The van der Waals surface area contributed by atoms with Gasteiger partial charge in [-0.05, 0) is 35.6 Å². The Bertz CT molecular complexity index is 818. The standard InChI is InChI=1S/C17H15Cl6F3N2O/c1-15(2)8(6-11(19)20)12(15)13(29)28-14(16(21,22)23)27-10-5-7(17(24,25)26)3-4-9(10)18/h3-6,8,12,14,27H,1-2H3,(H,28,29). The van der Waals surface area contributed by atoms with E-state index >= 15 is 0 Å². The topological polar surface area (TPSA) is 41.1 Å². The summed E-state index contributed by atoms with van der Waals surface area (Å²) in [6.45, 7) is 3.66. The molecule has 3 unspecified atom stereocenters. The fourth-order valence-electron chi connectivity index (χ4n) is 3.02. The van der Waals surface area contributed by atoms with Crippen LogP contribution in [0, 0.1) is 17.3 Å². The van der Waals surface area contributed by atoms with Crippen LogP contribution in [0.2, 0.25) is 5.02 Å². The van der Waals surface area contributed by atoms with E-state index in [1.54, 1.807) is 0 Å². The molecular formula is C17H15Cl6F3N2O. The van der Waals surface area contributed by atoms with Gasteiger partial charge in [0.15, 0.2) is 0 Å². The first-order valence-electron chi connectivity index (χ1n) is 8.08. The van der Waals surface area contributed by atoms with Crippen LogP contribution in [-0.2, 0) is 11.0 Å². The van der Waals surface area contributed by atoms with Gasteiger partial charge in [-0.3, -0.25) is 4.79 Å². The number of nitrogens with one attached hydrogen (secondary N) is 2. The first kappa shape index (κ1) is 25.0. The molecule has 1 aliphatic rings. The molecule has 1 aliphatic carbocycles. The van der Waals surface area contributed by atoms with Crippen LogP contribution in [-0.4, -0.2) is 15.9 Å². The Balaban J connectivity index is 2.24. The summed E-state index contributed by atoms with van der Waals surface area (Å²) in [5.74, 6) is -1.26. The van der Waals surface area contributed by atoms with Crippen molar-refractivity contribution in [2.75, 3.05) is 5.32 Å². The van der Waals surface area contributed by atoms with Crippen molar-refractivity contribution in [2.45, 2.75) is 30.0 Å². The van der Waals surface area contributed by atoms with Gasteiger partial charge >= 0.3 is 6.18 Å². The van der Waals surface area contributed by atoms with E-state index in [4.69, 9.17) is 69.6 Å². The van der Waals surface area contributed by atoms with Crippen molar-refractivity contribution >= 4 is 81.2 Å². The second-order valence-electron chi connectivity index (χ2n) is 7.10. The number of hydrogen-bond acceptors (Lipinski definition) is 2.